The van der Waals surface area contributed by atoms with E-state index in [1.807, 2.05) is 0 Å². The molecular formula is C15H21N5O2S. The van der Waals surface area contributed by atoms with Gasteiger partial charge in [0.1, 0.15) is 11.5 Å². The summed E-state index contributed by atoms with van der Waals surface area (Å²) in [4.78, 5) is 27.4. The smallest absolute Gasteiger partial charge is 0.276 e. The molecule has 0 radical (unpaired) electrons. The number of anilines is 2. The molecule has 0 spiro atoms. The Balaban J connectivity index is 2.07. The molecule has 2 aromatic rings. The van der Waals surface area contributed by atoms with Gasteiger partial charge in [0.05, 0.1) is 12.2 Å². The summed E-state index contributed by atoms with van der Waals surface area (Å²) < 4.78 is 1.80. The van der Waals surface area contributed by atoms with E-state index < -0.39 is 0 Å². The lowest BCUT2D eigenvalue weighted by molar-refractivity contribution is -0.114. The predicted molar refractivity (Wildman–Crippen MR) is 90.8 cm³/mol. The summed E-state index contributed by atoms with van der Waals surface area (Å²) in [7, 11) is 0. The number of carbonyl (C=O) groups excluding carboxylic acids is 2. The van der Waals surface area contributed by atoms with Crippen LogP contribution < -0.4 is 10.6 Å². The van der Waals surface area contributed by atoms with Gasteiger partial charge in [-0.25, -0.2) is 9.67 Å². The Morgan fingerprint density at radius 2 is 2.04 bits per heavy atom. The summed E-state index contributed by atoms with van der Waals surface area (Å²) in [6.45, 7) is 7.77. The SMILES string of the molecule is CC(=O)Nc1nc(C(=O)Nc2ccnn2C(C)CC(C)C)cs1. The molecule has 0 aliphatic rings. The van der Waals surface area contributed by atoms with Crippen LogP contribution in [0.1, 0.15) is 50.6 Å². The van der Waals surface area contributed by atoms with Crippen molar-refractivity contribution in [1.82, 2.24) is 14.8 Å². The first-order valence-electron chi connectivity index (χ1n) is 7.44. The highest BCUT2D eigenvalue weighted by Gasteiger charge is 2.16. The fraction of sp³-hybridized carbons (Fsp3) is 0.467. The van der Waals surface area contributed by atoms with Crippen molar-refractivity contribution in [2.24, 2.45) is 5.92 Å². The third-order valence-corrected chi connectivity index (χ3v) is 3.92. The lowest BCUT2D eigenvalue weighted by Gasteiger charge is -2.17. The molecule has 0 fully saturated rings. The van der Waals surface area contributed by atoms with Gasteiger partial charge in [-0.3, -0.25) is 9.59 Å². The Hall–Kier alpha value is -2.22. The van der Waals surface area contributed by atoms with Crippen molar-refractivity contribution in [3.8, 4) is 0 Å². The van der Waals surface area contributed by atoms with Crippen molar-refractivity contribution < 1.29 is 9.59 Å². The van der Waals surface area contributed by atoms with E-state index in [0.29, 0.717) is 16.9 Å². The molecule has 124 valence electrons. The summed E-state index contributed by atoms with van der Waals surface area (Å²) in [5.74, 6) is 0.636. The van der Waals surface area contributed by atoms with Crippen LogP contribution in [0.25, 0.3) is 0 Å². The molecule has 7 nitrogen and oxygen atoms in total. The zero-order valence-corrected chi connectivity index (χ0v) is 14.5. The van der Waals surface area contributed by atoms with Gasteiger partial charge in [-0.2, -0.15) is 5.10 Å². The van der Waals surface area contributed by atoms with Crippen LogP contribution >= 0.6 is 11.3 Å². The van der Waals surface area contributed by atoms with Gasteiger partial charge in [0.2, 0.25) is 5.91 Å². The van der Waals surface area contributed by atoms with Crippen molar-refractivity contribution in [3.63, 3.8) is 0 Å². The van der Waals surface area contributed by atoms with Gasteiger partial charge in [-0.05, 0) is 19.3 Å². The van der Waals surface area contributed by atoms with E-state index in [0.717, 1.165) is 6.42 Å². The van der Waals surface area contributed by atoms with Crippen molar-refractivity contribution in [2.45, 2.75) is 40.2 Å². The molecule has 1 unspecified atom stereocenters. The number of hydrogen-bond donors (Lipinski definition) is 2. The van der Waals surface area contributed by atoms with Crippen LogP contribution in [0.2, 0.25) is 0 Å². The number of nitrogens with zero attached hydrogens (tertiary/aromatic N) is 3. The molecule has 2 aromatic heterocycles. The molecule has 0 aromatic carbocycles. The van der Waals surface area contributed by atoms with Crippen LogP contribution in [0.5, 0.6) is 0 Å². The Morgan fingerprint density at radius 3 is 2.70 bits per heavy atom. The average Bonchev–Trinajstić information content (AvgIpc) is 3.06. The molecule has 0 bridgehead atoms. The minimum atomic E-state index is -0.323. The lowest BCUT2D eigenvalue weighted by Crippen LogP contribution is -2.18. The number of hydrogen-bond acceptors (Lipinski definition) is 5. The van der Waals surface area contributed by atoms with Crippen LogP contribution in [-0.4, -0.2) is 26.6 Å². The number of rotatable bonds is 6. The molecule has 2 amide bonds. The third-order valence-electron chi connectivity index (χ3n) is 3.16. The number of nitrogens with one attached hydrogen (secondary N) is 2. The first-order valence-corrected chi connectivity index (χ1v) is 8.32. The van der Waals surface area contributed by atoms with E-state index in [1.165, 1.54) is 18.3 Å². The predicted octanol–water partition coefficient (Wildman–Crippen LogP) is 3.16. The maximum atomic E-state index is 12.3. The van der Waals surface area contributed by atoms with Gasteiger partial charge in [0.25, 0.3) is 5.91 Å². The Bertz CT molecular complexity index is 692. The molecule has 0 saturated carbocycles. The van der Waals surface area contributed by atoms with Gasteiger partial charge in [0.15, 0.2) is 5.13 Å². The van der Waals surface area contributed by atoms with Crippen molar-refractivity contribution in [1.29, 1.82) is 0 Å². The van der Waals surface area contributed by atoms with E-state index in [-0.39, 0.29) is 23.6 Å². The third kappa shape index (κ3) is 4.62. The highest BCUT2D eigenvalue weighted by Crippen LogP contribution is 2.22. The number of thiazole rings is 1. The maximum Gasteiger partial charge on any atom is 0.276 e. The Labute approximate surface area is 139 Å². The standard InChI is InChI=1S/C15H21N5O2S/c1-9(2)7-10(3)20-13(5-6-16-20)19-14(22)12-8-23-15(18-12)17-11(4)21/h5-6,8-10H,7H2,1-4H3,(H,19,22)(H,17,18,21). The minimum Gasteiger partial charge on any atom is -0.305 e. The van der Waals surface area contributed by atoms with E-state index in [4.69, 9.17) is 0 Å². The van der Waals surface area contributed by atoms with Crippen LogP contribution in [0.4, 0.5) is 10.9 Å². The minimum absolute atomic E-state index is 0.186. The topological polar surface area (TPSA) is 88.9 Å². The highest BCUT2D eigenvalue weighted by molar-refractivity contribution is 7.14. The number of amides is 2. The molecule has 2 heterocycles. The molecule has 2 N–H and O–H groups in total. The zero-order chi connectivity index (χ0) is 17.0. The summed E-state index contributed by atoms with van der Waals surface area (Å²) in [5.41, 5.74) is 0.267. The summed E-state index contributed by atoms with van der Waals surface area (Å²) in [6, 6.07) is 1.95. The average molecular weight is 335 g/mol. The molecule has 0 aliphatic heterocycles. The second-order valence-corrected chi connectivity index (χ2v) is 6.67. The van der Waals surface area contributed by atoms with Crippen LogP contribution in [-0.2, 0) is 4.79 Å². The second-order valence-electron chi connectivity index (χ2n) is 5.81. The normalized spacial score (nSPS) is 12.2. The summed E-state index contributed by atoms with van der Waals surface area (Å²) >= 11 is 1.21. The summed E-state index contributed by atoms with van der Waals surface area (Å²) in [5, 5.41) is 11.7. The lowest BCUT2D eigenvalue weighted by atomic mass is 10.1. The van der Waals surface area contributed by atoms with Gasteiger partial charge in [-0.15, -0.1) is 11.3 Å². The highest BCUT2D eigenvalue weighted by atomic mass is 32.1. The molecule has 0 saturated heterocycles. The fourth-order valence-electron chi connectivity index (χ4n) is 2.31. The molecule has 0 aliphatic carbocycles. The number of aromatic nitrogens is 3. The first kappa shape index (κ1) is 17.1. The molecule has 23 heavy (non-hydrogen) atoms. The van der Waals surface area contributed by atoms with Crippen molar-refractivity contribution >= 4 is 34.1 Å². The van der Waals surface area contributed by atoms with Crippen LogP contribution in [0.15, 0.2) is 17.6 Å². The molecule has 8 heteroatoms. The van der Waals surface area contributed by atoms with Crippen molar-refractivity contribution in [3.05, 3.63) is 23.3 Å². The van der Waals surface area contributed by atoms with Gasteiger partial charge < -0.3 is 10.6 Å². The van der Waals surface area contributed by atoms with Gasteiger partial charge in [0, 0.05) is 18.4 Å². The Kier molecular flexibility index (Phi) is 5.49. The van der Waals surface area contributed by atoms with Gasteiger partial charge >= 0.3 is 0 Å². The van der Waals surface area contributed by atoms with Crippen molar-refractivity contribution in [2.75, 3.05) is 10.6 Å². The van der Waals surface area contributed by atoms with E-state index in [1.54, 1.807) is 22.3 Å². The quantitative estimate of drug-likeness (QED) is 0.848. The molecule has 2 rings (SSSR count). The van der Waals surface area contributed by atoms with E-state index in [2.05, 4.69) is 41.5 Å². The zero-order valence-electron chi connectivity index (χ0n) is 13.7. The fourth-order valence-corrected chi connectivity index (χ4v) is 3.05. The largest absolute Gasteiger partial charge is 0.305 e. The van der Waals surface area contributed by atoms with E-state index >= 15 is 0 Å². The van der Waals surface area contributed by atoms with Crippen LogP contribution in [0, 0.1) is 5.92 Å². The maximum absolute atomic E-state index is 12.3. The molecule has 1 atom stereocenters. The van der Waals surface area contributed by atoms with Gasteiger partial charge in [-0.1, -0.05) is 13.8 Å². The first-order chi connectivity index (χ1) is 10.9. The second kappa shape index (κ2) is 7.36. The monoisotopic (exact) mass is 335 g/mol. The van der Waals surface area contributed by atoms with Crippen LogP contribution in [0.3, 0.4) is 0 Å². The summed E-state index contributed by atoms with van der Waals surface area (Å²) in [6.07, 6.45) is 2.63. The molecular weight excluding hydrogens is 314 g/mol. The number of carbonyl (C=O) groups is 2. The Morgan fingerprint density at radius 1 is 1.30 bits per heavy atom. The van der Waals surface area contributed by atoms with E-state index in [9.17, 15) is 9.59 Å².